The van der Waals surface area contributed by atoms with E-state index in [1.165, 1.54) is 0 Å². The second kappa shape index (κ2) is 20.9. The molecule has 0 aromatic heterocycles. The van der Waals surface area contributed by atoms with E-state index in [2.05, 4.69) is 63.3 Å². The van der Waals surface area contributed by atoms with E-state index in [1.807, 2.05) is 32.0 Å². The van der Waals surface area contributed by atoms with Crippen molar-refractivity contribution in [2.75, 3.05) is 35.4 Å². The molecule has 3 aliphatic carbocycles. The second-order valence-corrected chi connectivity index (χ2v) is 19.4. The number of carbonyl (C=O) groups excluding carboxylic acids is 2. The van der Waals surface area contributed by atoms with Crippen molar-refractivity contribution in [2.24, 2.45) is 35.5 Å². The number of Topliss-reactive ketones (excluding diaryl/α,β-unsaturated/α-hetero) is 1. The Morgan fingerprint density at radius 3 is 2.24 bits per heavy atom. The van der Waals surface area contributed by atoms with Crippen LogP contribution in [0.15, 0.2) is 42.0 Å². The van der Waals surface area contributed by atoms with Crippen molar-refractivity contribution < 1.29 is 52.6 Å². The molecule has 3 unspecified atom stereocenters. The Labute approximate surface area is 370 Å². The molecule has 0 spiro atoms. The lowest BCUT2D eigenvalue weighted by Gasteiger charge is -2.48. The minimum Gasteiger partial charge on any atom is -0.462 e. The average molecular weight is 869 g/mol. The van der Waals surface area contributed by atoms with Gasteiger partial charge in [-0.15, -0.1) is 0 Å². The van der Waals surface area contributed by atoms with E-state index >= 15 is 4.79 Å². The number of nitrogens with zero attached hydrogens (tertiary/aromatic N) is 1. The van der Waals surface area contributed by atoms with Crippen molar-refractivity contribution in [3.63, 3.8) is 0 Å². The summed E-state index contributed by atoms with van der Waals surface area (Å²) in [5, 5.41) is 16.5. The van der Waals surface area contributed by atoms with Crippen molar-refractivity contribution in [2.45, 2.75) is 178 Å². The fraction of sp³-hybridized carbons (Fsp3) is 0.796. The Morgan fingerprint density at radius 2 is 1.58 bits per heavy atom. The number of nitrogens with one attached hydrogen (secondary N) is 1. The molecule has 20 atom stereocenters. The minimum atomic E-state index is -0.774. The molecule has 6 aliphatic rings. The van der Waals surface area contributed by atoms with Crippen LogP contribution >= 0.6 is 0 Å². The third-order valence-electron chi connectivity index (χ3n) is 15.6. The number of likely N-dealkylation sites (N-methyl/N-ethyl adjacent to an activating group) is 1. The number of rotatable bonds is 12. The summed E-state index contributed by atoms with van der Waals surface area (Å²) < 4.78 is 50.3. The van der Waals surface area contributed by atoms with Gasteiger partial charge in [0.2, 0.25) is 0 Å². The summed E-state index contributed by atoms with van der Waals surface area (Å²) in [6, 6.07) is 9.99. The zero-order chi connectivity index (χ0) is 44.4. The minimum absolute atomic E-state index is 0.00219. The van der Waals surface area contributed by atoms with Crippen LogP contribution in [0.25, 0.3) is 0 Å². The Kier molecular flexibility index (Phi) is 16.1. The fourth-order valence-electron chi connectivity index (χ4n) is 12.4. The molecule has 0 bridgehead atoms. The summed E-state index contributed by atoms with van der Waals surface area (Å²) in [6.07, 6.45) is 3.67. The predicted octanol–water partition coefficient (Wildman–Crippen LogP) is 6.01. The van der Waals surface area contributed by atoms with Crippen LogP contribution in [0, 0.1) is 35.5 Å². The van der Waals surface area contributed by atoms with Gasteiger partial charge in [0.25, 0.3) is 0 Å². The number of benzene rings is 1. The highest BCUT2D eigenvalue weighted by Crippen LogP contribution is 2.57. The van der Waals surface area contributed by atoms with E-state index in [9.17, 15) is 9.90 Å². The van der Waals surface area contributed by atoms with Crippen LogP contribution in [0.1, 0.15) is 104 Å². The van der Waals surface area contributed by atoms with Gasteiger partial charge in [0.05, 0.1) is 36.9 Å². The maximum Gasteiger partial charge on any atom is 0.306 e. The molecule has 1 aromatic rings. The van der Waals surface area contributed by atoms with Crippen molar-refractivity contribution >= 4 is 11.8 Å². The maximum atomic E-state index is 15.2. The molecular formula is C49H76N2O11. The Hall–Kier alpha value is -2.30. The van der Waals surface area contributed by atoms with Crippen molar-refractivity contribution in [1.82, 2.24) is 10.2 Å². The first kappa shape index (κ1) is 47.7. The highest BCUT2D eigenvalue weighted by atomic mass is 16.7. The topological polar surface area (TPSA) is 143 Å². The highest BCUT2D eigenvalue weighted by Gasteiger charge is 2.60. The van der Waals surface area contributed by atoms with Gasteiger partial charge in [-0.25, -0.2) is 0 Å². The van der Waals surface area contributed by atoms with Crippen LogP contribution in [0.2, 0.25) is 0 Å². The third kappa shape index (κ3) is 9.93. The lowest BCUT2D eigenvalue weighted by atomic mass is 9.62. The van der Waals surface area contributed by atoms with Gasteiger partial charge in [-0.1, -0.05) is 50.3 Å². The standard InChI is InChI=1S/C49H76N2O11/c1-11-31-18-15-19-39(62-41-21-20-38(51(6)7)28(4)58-41)26(2)44(53)37-24-34-33-22-32(61-49-48(57-10)47(56-9)46(55-8)29(5)59-49)23-36(33)45(54)43(42(34)35(37)25-40(52)60-31)50-27(3)30-16-13-12-14-17-30/h12-14,16-17,24,26-29,31-36,38-39,41-43,45-50,54H,11,15,18-23,25H2,1-10H3/t26-,27+,28?,29?,31+,32+,33+,34+,35-,36-,38+,39+,41+,42-,43-,45-,46+,47-,48?,49+/m1/s1. The quantitative estimate of drug-likeness (QED) is 0.237. The number of hydrogen-bond donors (Lipinski definition) is 2. The van der Waals surface area contributed by atoms with Gasteiger partial charge in [-0.2, -0.15) is 0 Å². The van der Waals surface area contributed by atoms with Crippen molar-refractivity contribution in [3.05, 3.63) is 47.5 Å². The first-order valence-corrected chi connectivity index (χ1v) is 23.6. The van der Waals surface area contributed by atoms with Crippen LogP contribution < -0.4 is 5.32 Å². The number of aliphatic hydroxyl groups is 1. The molecule has 2 N–H and O–H groups in total. The molecule has 3 heterocycles. The van der Waals surface area contributed by atoms with Crippen LogP contribution in [0.4, 0.5) is 0 Å². The van der Waals surface area contributed by atoms with Crippen LogP contribution in [-0.2, 0) is 47.5 Å². The lowest BCUT2D eigenvalue weighted by Crippen LogP contribution is -2.59. The predicted molar refractivity (Wildman–Crippen MR) is 233 cm³/mol. The van der Waals surface area contributed by atoms with Gasteiger partial charge in [0.1, 0.15) is 24.4 Å². The Morgan fingerprint density at radius 1 is 0.871 bits per heavy atom. The summed E-state index contributed by atoms with van der Waals surface area (Å²) in [5.41, 5.74) is 1.75. The lowest BCUT2D eigenvalue weighted by molar-refractivity contribution is -0.314. The number of allylic oxidation sites excluding steroid dienone is 2. The highest BCUT2D eigenvalue weighted by molar-refractivity contribution is 5.99. The number of aliphatic hydroxyl groups excluding tert-OH is 1. The Bertz CT molecular complexity index is 1660. The number of methoxy groups -OCH3 is 3. The van der Waals surface area contributed by atoms with E-state index < -0.39 is 48.8 Å². The number of esters is 1. The van der Waals surface area contributed by atoms with Gasteiger partial charge in [-0.3, -0.25) is 9.59 Å². The number of ether oxygens (including phenoxy) is 8. The number of hydrogen-bond acceptors (Lipinski definition) is 13. The van der Waals surface area contributed by atoms with Gasteiger partial charge in [0, 0.05) is 51.3 Å². The Balaban J connectivity index is 1.21. The van der Waals surface area contributed by atoms with E-state index in [-0.39, 0.29) is 84.5 Å². The summed E-state index contributed by atoms with van der Waals surface area (Å²) in [6.45, 7) is 10.2. The summed E-state index contributed by atoms with van der Waals surface area (Å²) in [7, 11) is 9.08. The van der Waals surface area contributed by atoms with Gasteiger partial charge < -0.3 is 53.2 Å². The molecule has 0 amide bonds. The third-order valence-corrected chi connectivity index (χ3v) is 15.6. The van der Waals surface area contributed by atoms with Gasteiger partial charge >= 0.3 is 5.97 Å². The van der Waals surface area contributed by atoms with E-state index in [0.29, 0.717) is 43.7 Å². The molecule has 7 rings (SSSR count). The zero-order valence-electron chi connectivity index (χ0n) is 38.9. The van der Waals surface area contributed by atoms with E-state index in [1.54, 1.807) is 21.3 Å². The molecule has 0 radical (unpaired) electrons. The fourth-order valence-corrected chi connectivity index (χ4v) is 12.4. The molecule has 3 aliphatic heterocycles. The molecule has 3 saturated heterocycles. The first-order valence-electron chi connectivity index (χ1n) is 23.6. The SMILES string of the molecule is CC[C@H]1CCC[C@H](O[C@H]2CC[C@H](N(C)C)C(C)O2)[C@@H](C)C(=O)C2=C[C@H]3[C@@H]4C[C@H](O[C@@H]5OC(C)[C@H](OC)[C@@H](OC)C5OC)C[C@H]4[C@@H](O)[C@H](N[C@@H](C)c4ccccc4)[C@H]3[C@@H]2CC(=O)O1. The molecule has 13 heteroatoms. The number of cyclic esters (lactones) is 1. The number of ketones is 1. The van der Waals surface area contributed by atoms with Gasteiger partial charge in [-0.05, 0) is 121 Å². The van der Waals surface area contributed by atoms with Crippen LogP contribution in [0.5, 0.6) is 0 Å². The molecule has 62 heavy (non-hydrogen) atoms. The largest absolute Gasteiger partial charge is 0.462 e. The summed E-state index contributed by atoms with van der Waals surface area (Å²) >= 11 is 0. The molecule has 348 valence electrons. The molecule has 5 fully saturated rings. The molecular weight excluding hydrogens is 793 g/mol. The molecule has 2 saturated carbocycles. The van der Waals surface area contributed by atoms with Crippen molar-refractivity contribution in [3.8, 4) is 0 Å². The smallest absolute Gasteiger partial charge is 0.306 e. The first-order chi connectivity index (χ1) is 29.8. The average Bonchev–Trinajstić information content (AvgIpc) is 3.85. The molecule has 1 aromatic carbocycles. The number of carbonyl (C=O) groups is 2. The van der Waals surface area contributed by atoms with E-state index in [0.717, 1.165) is 24.8 Å². The zero-order valence-corrected chi connectivity index (χ0v) is 38.9. The van der Waals surface area contributed by atoms with Crippen LogP contribution in [0.3, 0.4) is 0 Å². The summed E-state index contributed by atoms with van der Waals surface area (Å²) in [5.74, 6) is -1.72. The maximum absolute atomic E-state index is 15.2. The monoisotopic (exact) mass is 869 g/mol. The van der Waals surface area contributed by atoms with Crippen LogP contribution in [-0.4, -0.2) is 137 Å². The number of fused-ring (bicyclic) bond motifs is 5. The van der Waals surface area contributed by atoms with E-state index in [4.69, 9.17) is 37.9 Å². The normalized spacial score (nSPS) is 43.4. The second-order valence-electron chi connectivity index (χ2n) is 19.4. The van der Waals surface area contributed by atoms with Crippen molar-refractivity contribution in [1.29, 1.82) is 0 Å². The van der Waals surface area contributed by atoms with Gasteiger partial charge in [0.15, 0.2) is 18.4 Å². The molecule has 13 nitrogen and oxygen atoms in total. The summed E-state index contributed by atoms with van der Waals surface area (Å²) in [4.78, 5) is 31.5.